The van der Waals surface area contributed by atoms with E-state index in [1.165, 1.54) is 0 Å². The molecule has 0 aliphatic carbocycles. The first-order valence-corrected chi connectivity index (χ1v) is 8.34. The molecular weight excluding hydrogens is 316 g/mol. The summed E-state index contributed by atoms with van der Waals surface area (Å²) < 4.78 is 0. The summed E-state index contributed by atoms with van der Waals surface area (Å²) in [4.78, 5) is 25.2. The van der Waals surface area contributed by atoms with Crippen LogP contribution in [0.4, 0.5) is 5.69 Å². The quantitative estimate of drug-likeness (QED) is 0.774. The molecule has 5 nitrogen and oxygen atoms in total. The standard InChI is InChI=1S/C20H24N2O3/c1-15(2)12-21-20(25)17-8-6-7-16(11-17)13-22(14-19(23)24)18-9-4-3-5-10-18/h3-11,15H,12-14H2,1-2H3,(H,21,25)(H,23,24). The Morgan fingerprint density at radius 3 is 2.44 bits per heavy atom. The third kappa shape index (κ3) is 5.95. The first-order valence-electron chi connectivity index (χ1n) is 8.34. The molecule has 0 atom stereocenters. The Morgan fingerprint density at radius 1 is 1.08 bits per heavy atom. The molecule has 0 saturated heterocycles. The average Bonchev–Trinajstić information content (AvgIpc) is 2.59. The molecule has 0 heterocycles. The minimum absolute atomic E-state index is 0.103. The van der Waals surface area contributed by atoms with Crippen LogP contribution in [0, 0.1) is 5.92 Å². The largest absolute Gasteiger partial charge is 0.480 e. The van der Waals surface area contributed by atoms with Gasteiger partial charge in [0.1, 0.15) is 6.54 Å². The van der Waals surface area contributed by atoms with E-state index >= 15 is 0 Å². The Labute approximate surface area is 148 Å². The number of carbonyl (C=O) groups is 2. The summed E-state index contributed by atoms with van der Waals surface area (Å²) in [5.41, 5.74) is 2.31. The molecule has 1 amide bonds. The fourth-order valence-corrected chi connectivity index (χ4v) is 2.47. The van der Waals surface area contributed by atoms with E-state index in [1.54, 1.807) is 11.0 Å². The highest BCUT2D eigenvalue weighted by Gasteiger charge is 2.13. The maximum Gasteiger partial charge on any atom is 0.323 e. The van der Waals surface area contributed by atoms with Crippen molar-refractivity contribution < 1.29 is 14.7 Å². The number of aliphatic carboxylic acids is 1. The van der Waals surface area contributed by atoms with Crippen molar-refractivity contribution in [1.82, 2.24) is 5.32 Å². The molecule has 0 saturated carbocycles. The number of carboxylic acid groups (broad SMARTS) is 1. The molecule has 0 aromatic heterocycles. The van der Waals surface area contributed by atoms with E-state index in [1.807, 2.05) is 62.4 Å². The van der Waals surface area contributed by atoms with Gasteiger partial charge in [-0.1, -0.05) is 44.2 Å². The van der Waals surface area contributed by atoms with Crippen molar-refractivity contribution >= 4 is 17.6 Å². The van der Waals surface area contributed by atoms with E-state index in [2.05, 4.69) is 5.32 Å². The van der Waals surface area contributed by atoms with Gasteiger partial charge in [-0.25, -0.2) is 0 Å². The molecule has 0 unspecified atom stereocenters. The highest BCUT2D eigenvalue weighted by molar-refractivity contribution is 5.94. The zero-order valence-electron chi connectivity index (χ0n) is 14.6. The van der Waals surface area contributed by atoms with Gasteiger partial charge in [0, 0.05) is 24.3 Å². The van der Waals surface area contributed by atoms with Crippen molar-refractivity contribution in [2.75, 3.05) is 18.0 Å². The van der Waals surface area contributed by atoms with Crippen molar-refractivity contribution in [1.29, 1.82) is 0 Å². The molecule has 25 heavy (non-hydrogen) atoms. The number of benzene rings is 2. The van der Waals surface area contributed by atoms with E-state index < -0.39 is 5.97 Å². The number of nitrogens with one attached hydrogen (secondary N) is 1. The lowest BCUT2D eigenvalue weighted by Crippen LogP contribution is -2.29. The predicted molar refractivity (Wildman–Crippen MR) is 98.7 cm³/mol. The number of anilines is 1. The lowest BCUT2D eigenvalue weighted by atomic mass is 10.1. The number of hydrogen-bond donors (Lipinski definition) is 2. The predicted octanol–water partition coefficient (Wildman–Crippen LogP) is 3.16. The summed E-state index contributed by atoms with van der Waals surface area (Å²) in [5, 5.41) is 12.1. The average molecular weight is 340 g/mol. The Morgan fingerprint density at radius 2 is 1.80 bits per heavy atom. The first kappa shape index (κ1) is 18.5. The van der Waals surface area contributed by atoms with Crippen molar-refractivity contribution in [3.8, 4) is 0 Å². The number of hydrogen-bond acceptors (Lipinski definition) is 3. The lowest BCUT2D eigenvalue weighted by molar-refractivity contribution is -0.135. The van der Waals surface area contributed by atoms with Crippen molar-refractivity contribution in [3.05, 3.63) is 65.7 Å². The second-order valence-electron chi connectivity index (χ2n) is 6.39. The fourth-order valence-electron chi connectivity index (χ4n) is 2.47. The summed E-state index contributed by atoms with van der Waals surface area (Å²) >= 11 is 0. The van der Waals surface area contributed by atoms with Gasteiger partial charge in [0.25, 0.3) is 5.91 Å². The number of nitrogens with zero attached hydrogens (tertiary/aromatic N) is 1. The maximum atomic E-state index is 12.2. The van der Waals surface area contributed by atoms with Crippen molar-refractivity contribution in [2.24, 2.45) is 5.92 Å². The molecule has 0 radical (unpaired) electrons. The SMILES string of the molecule is CC(C)CNC(=O)c1cccc(CN(CC(=O)O)c2ccccc2)c1. The second kappa shape index (κ2) is 8.87. The second-order valence-corrected chi connectivity index (χ2v) is 6.39. The Kier molecular flexibility index (Phi) is 6.57. The number of rotatable bonds is 8. The van der Waals surface area contributed by atoms with E-state index in [0.717, 1.165) is 11.3 Å². The molecule has 2 aromatic rings. The summed E-state index contributed by atoms with van der Waals surface area (Å²) in [6, 6.07) is 16.7. The van der Waals surface area contributed by atoms with Gasteiger partial charge in [-0.05, 0) is 35.7 Å². The highest BCUT2D eigenvalue weighted by atomic mass is 16.4. The zero-order valence-corrected chi connectivity index (χ0v) is 14.6. The summed E-state index contributed by atoms with van der Waals surface area (Å²) in [5.74, 6) is -0.619. The zero-order chi connectivity index (χ0) is 18.2. The number of amides is 1. The molecular formula is C20H24N2O3. The Hall–Kier alpha value is -2.82. The van der Waals surface area contributed by atoms with Gasteiger partial charge in [0.05, 0.1) is 0 Å². The van der Waals surface area contributed by atoms with Crippen LogP contribution in [0.2, 0.25) is 0 Å². The summed E-state index contributed by atoms with van der Waals surface area (Å²) in [6.45, 7) is 5.02. The Balaban J connectivity index is 2.15. The van der Waals surface area contributed by atoms with Crippen LogP contribution in [0.1, 0.15) is 29.8 Å². The minimum Gasteiger partial charge on any atom is -0.480 e. The van der Waals surface area contributed by atoms with Gasteiger partial charge in [0.2, 0.25) is 0 Å². The van der Waals surface area contributed by atoms with E-state index in [9.17, 15) is 14.7 Å². The molecule has 0 spiro atoms. The molecule has 2 rings (SSSR count). The highest BCUT2D eigenvalue weighted by Crippen LogP contribution is 2.17. The van der Waals surface area contributed by atoms with Gasteiger partial charge < -0.3 is 15.3 Å². The van der Waals surface area contributed by atoms with Crippen LogP contribution >= 0.6 is 0 Å². The molecule has 0 bridgehead atoms. The van der Waals surface area contributed by atoms with E-state index in [-0.39, 0.29) is 12.5 Å². The Bertz CT molecular complexity index is 714. The van der Waals surface area contributed by atoms with Crippen LogP contribution < -0.4 is 10.2 Å². The smallest absolute Gasteiger partial charge is 0.323 e. The molecule has 0 aliphatic heterocycles. The van der Waals surface area contributed by atoms with Crippen LogP contribution in [0.15, 0.2) is 54.6 Å². The molecule has 0 aliphatic rings. The molecule has 2 aromatic carbocycles. The van der Waals surface area contributed by atoms with Crippen LogP contribution in [0.5, 0.6) is 0 Å². The van der Waals surface area contributed by atoms with Crippen LogP contribution in [-0.4, -0.2) is 30.1 Å². The minimum atomic E-state index is -0.894. The van der Waals surface area contributed by atoms with Crippen LogP contribution in [0.25, 0.3) is 0 Å². The maximum absolute atomic E-state index is 12.2. The van der Waals surface area contributed by atoms with E-state index in [4.69, 9.17) is 0 Å². The van der Waals surface area contributed by atoms with Gasteiger partial charge >= 0.3 is 5.97 Å². The van der Waals surface area contributed by atoms with Gasteiger partial charge in [-0.2, -0.15) is 0 Å². The normalized spacial score (nSPS) is 10.5. The van der Waals surface area contributed by atoms with Crippen LogP contribution in [-0.2, 0) is 11.3 Å². The van der Waals surface area contributed by atoms with Crippen molar-refractivity contribution in [3.63, 3.8) is 0 Å². The third-order valence-corrected chi connectivity index (χ3v) is 3.68. The van der Waals surface area contributed by atoms with Gasteiger partial charge in [0.15, 0.2) is 0 Å². The fraction of sp³-hybridized carbons (Fsp3) is 0.300. The number of carboxylic acids is 1. The molecule has 132 valence electrons. The number of para-hydroxylation sites is 1. The third-order valence-electron chi connectivity index (χ3n) is 3.68. The molecule has 5 heteroatoms. The van der Waals surface area contributed by atoms with E-state index in [0.29, 0.717) is 24.6 Å². The first-order chi connectivity index (χ1) is 12.0. The van der Waals surface area contributed by atoms with Crippen LogP contribution in [0.3, 0.4) is 0 Å². The van der Waals surface area contributed by atoms with Gasteiger partial charge in [-0.15, -0.1) is 0 Å². The summed E-state index contributed by atoms with van der Waals surface area (Å²) in [6.07, 6.45) is 0. The lowest BCUT2D eigenvalue weighted by Gasteiger charge is -2.23. The monoisotopic (exact) mass is 340 g/mol. The van der Waals surface area contributed by atoms with Crippen molar-refractivity contribution in [2.45, 2.75) is 20.4 Å². The van der Waals surface area contributed by atoms with Gasteiger partial charge in [-0.3, -0.25) is 9.59 Å². The molecule has 0 fully saturated rings. The summed E-state index contributed by atoms with van der Waals surface area (Å²) in [7, 11) is 0. The molecule has 2 N–H and O–H groups in total. The topological polar surface area (TPSA) is 69.6 Å². The number of carbonyl (C=O) groups excluding carboxylic acids is 1.